The van der Waals surface area contributed by atoms with Crippen LogP contribution in [-0.4, -0.2) is 11.5 Å². The summed E-state index contributed by atoms with van der Waals surface area (Å²) in [5.41, 5.74) is 0.471. The average molecular weight is 295 g/mol. The monoisotopic (exact) mass is 294 g/mol. The van der Waals surface area contributed by atoms with Crippen LogP contribution in [0.4, 0.5) is 0 Å². The predicted molar refractivity (Wildman–Crippen MR) is 88.4 cm³/mol. The van der Waals surface area contributed by atoms with E-state index in [0.29, 0.717) is 17.4 Å². The molecule has 1 unspecified atom stereocenters. The first kappa shape index (κ1) is 16.0. The largest absolute Gasteiger partial charge is 0.310 e. The van der Waals surface area contributed by atoms with E-state index in [-0.39, 0.29) is 0 Å². The van der Waals surface area contributed by atoms with Crippen molar-refractivity contribution in [1.82, 2.24) is 10.3 Å². The van der Waals surface area contributed by atoms with Gasteiger partial charge >= 0.3 is 0 Å². The lowest BCUT2D eigenvalue weighted by molar-refractivity contribution is 0.169. The number of nitrogens with zero attached hydrogens (tertiary/aromatic N) is 1. The minimum absolute atomic E-state index is 0.442. The Morgan fingerprint density at radius 2 is 1.95 bits per heavy atom. The van der Waals surface area contributed by atoms with Crippen molar-refractivity contribution in [2.75, 3.05) is 6.54 Å². The highest BCUT2D eigenvalue weighted by atomic mass is 32.1. The molecule has 0 amide bonds. The summed E-state index contributed by atoms with van der Waals surface area (Å²) in [7, 11) is 0. The molecule has 1 aliphatic carbocycles. The van der Waals surface area contributed by atoms with Crippen molar-refractivity contribution >= 4 is 11.3 Å². The molecule has 1 N–H and O–H groups in total. The minimum atomic E-state index is 0.442. The number of hydrogen-bond acceptors (Lipinski definition) is 3. The Bertz CT molecular complexity index is 411. The van der Waals surface area contributed by atoms with Crippen molar-refractivity contribution in [3.8, 4) is 0 Å². The Balaban J connectivity index is 1.94. The van der Waals surface area contributed by atoms with E-state index in [9.17, 15) is 0 Å². The van der Waals surface area contributed by atoms with Gasteiger partial charge in [-0.05, 0) is 50.5 Å². The molecule has 0 saturated heterocycles. The van der Waals surface area contributed by atoms with Gasteiger partial charge in [0.2, 0.25) is 0 Å². The van der Waals surface area contributed by atoms with E-state index < -0.39 is 0 Å². The maximum atomic E-state index is 4.71. The first-order chi connectivity index (χ1) is 9.41. The summed E-state index contributed by atoms with van der Waals surface area (Å²) in [4.78, 5) is 6.10. The molecule has 0 bridgehead atoms. The molecule has 1 atom stereocenters. The Morgan fingerprint density at radius 3 is 2.50 bits per heavy atom. The molecule has 0 radical (unpaired) electrons. The number of rotatable bonds is 4. The van der Waals surface area contributed by atoms with Crippen LogP contribution in [0.5, 0.6) is 0 Å². The van der Waals surface area contributed by atoms with Gasteiger partial charge in [-0.15, -0.1) is 11.3 Å². The molecule has 3 heteroatoms. The molecule has 1 aromatic heterocycles. The van der Waals surface area contributed by atoms with Crippen LogP contribution < -0.4 is 5.32 Å². The smallest absolute Gasteiger partial charge is 0.0959 e. The first-order valence-corrected chi connectivity index (χ1v) is 8.92. The van der Waals surface area contributed by atoms with Crippen molar-refractivity contribution in [3.63, 3.8) is 0 Å². The topological polar surface area (TPSA) is 24.9 Å². The fraction of sp³-hybridized carbons (Fsp3) is 0.824. The molecule has 2 nitrogen and oxygen atoms in total. The van der Waals surface area contributed by atoms with Gasteiger partial charge in [-0.3, -0.25) is 0 Å². The zero-order chi connectivity index (χ0) is 14.8. The molecule has 0 aromatic carbocycles. The quantitative estimate of drug-likeness (QED) is 0.832. The Kier molecular flexibility index (Phi) is 5.25. The minimum Gasteiger partial charge on any atom is -0.310 e. The maximum Gasteiger partial charge on any atom is 0.0959 e. The first-order valence-electron chi connectivity index (χ1n) is 8.10. The van der Waals surface area contributed by atoms with Gasteiger partial charge in [-0.25, -0.2) is 4.98 Å². The Labute approximate surface area is 128 Å². The second-order valence-corrected chi connectivity index (χ2v) is 8.39. The SMILES string of the molecule is CCNC(C)c1cnc(C2CCC(C(C)(C)C)CC2)s1. The maximum absolute atomic E-state index is 4.71. The van der Waals surface area contributed by atoms with Crippen LogP contribution in [0.1, 0.15) is 82.1 Å². The fourth-order valence-corrected chi connectivity index (χ4v) is 4.42. The highest BCUT2D eigenvalue weighted by Gasteiger charge is 2.31. The summed E-state index contributed by atoms with van der Waals surface area (Å²) in [6.07, 6.45) is 7.47. The molecule has 2 rings (SSSR count). The van der Waals surface area contributed by atoms with Crippen molar-refractivity contribution in [1.29, 1.82) is 0 Å². The normalized spacial score (nSPS) is 25.6. The van der Waals surface area contributed by atoms with Crippen LogP contribution in [0, 0.1) is 11.3 Å². The van der Waals surface area contributed by atoms with Gasteiger partial charge in [0, 0.05) is 23.0 Å². The van der Waals surface area contributed by atoms with Gasteiger partial charge in [0.05, 0.1) is 5.01 Å². The summed E-state index contributed by atoms with van der Waals surface area (Å²) >= 11 is 1.92. The van der Waals surface area contributed by atoms with Gasteiger partial charge in [-0.1, -0.05) is 27.7 Å². The number of hydrogen-bond donors (Lipinski definition) is 1. The fourth-order valence-electron chi connectivity index (χ4n) is 3.30. The van der Waals surface area contributed by atoms with Crippen molar-refractivity contribution in [2.24, 2.45) is 11.3 Å². The predicted octanol–water partition coefficient (Wildman–Crippen LogP) is 5.13. The van der Waals surface area contributed by atoms with Gasteiger partial charge in [0.15, 0.2) is 0 Å². The van der Waals surface area contributed by atoms with Crippen LogP contribution in [0.2, 0.25) is 0 Å². The molecule has 20 heavy (non-hydrogen) atoms. The van der Waals surface area contributed by atoms with Crippen LogP contribution in [-0.2, 0) is 0 Å². The van der Waals surface area contributed by atoms with Crippen molar-refractivity contribution in [2.45, 2.75) is 72.3 Å². The van der Waals surface area contributed by atoms with E-state index in [2.05, 4.69) is 46.1 Å². The number of thiazole rings is 1. The molecular weight excluding hydrogens is 264 g/mol. The number of nitrogens with one attached hydrogen (secondary N) is 1. The van der Waals surface area contributed by atoms with Crippen LogP contribution in [0.15, 0.2) is 6.20 Å². The third-order valence-electron chi connectivity index (χ3n) is 4.78. The van der Waals surface area contributed by atoms with Gasteiger partial charge in [0.1, 0.15) is 0 Å². The zero-order valence-corrected chi connectivity index (χ0v) is 14.5. The van der Waals surface area contributed by atoms with E-state index in [1.54, 1.807) is 0 Å². The third-order valence-corrected chi connectivity index (χ3v) is 6.12. The van der Waals surface area contributed by atoms with E-state index in [1.165, 1.54) is 35.6 Å². The third kappa shape index (κ3) is 3.82. The number of aromatic nitrogens is 1. The van der Waals surface area contributed by atoms with Crippen LogP contribution >= 0.6 is 11.3 Å². The van der Waals surface area contributed by atoms with E-state index >= 15 is 0 Å². The Hall–Kier alpha value is -0.410. The van der Waals surface area contributed by atoms with Gasteiger partial charge in [0.25, 0.3) is 0 Å². The lowest BCUT2D eigenvalue weighted by Gasteiger charge is -2.36. The zero-order valence-electron chi connectivity index (χ0n) is 13.7. The molecule has 114 valence electrons. The van der Waals surface area contributed by atoms with E-state index in [0.717, 1.165) is 12.5 Å². The standard InChI is InChI=1S/C17H30N2S/c1-6-18-12(2)15-11-19-16(20-15)13-7-9-14(10-8-13)17(3,4)5/h11-14,18H,6-10H2,1-5H3. The molecule has 1 heterocycles. The Morgan fingerprint density at radius 1 is 1.30 bits per heavy atom. The summed E-state index contributed by atoms with van der Waals surface area (Å²) in [6, 6.07) is 0.442. The molecule has 1 aliphatic rings. The molecular formula is C17H30N2S. The molecule has 0 spiro atoms. The van der Waals surface area contributed by atoms with Gasteiger partial charge < -0.3 is 5.32 Å². The average Bonchev–Trinajstić information content (AvgIpc) is 2.88. The summed E-state index contributed by atoms with van der Waals surface area (Å²) in [6.45, 7) is 12.6. The lowest BCUT2D eigenvalue weighted by Crippen LogP contribution is -2.25. The highest BCUT2D eigenvalue weighted by Crippen LogP contribution is 2.44. The molecule has 1 saturated carbocycles. The van der Waals surface area contributed by atoms with E-state index in [1.807, 2.05) is 11.3 Å². The second-order valence-electron chi connectivity index (χ2n) is 7.29. The molecule has 1 aromatic rings. The van der Waals surface area contributed by atoms with Crippen molar-refractivity contribution < 1.29 is 0 Å². The van der Waals surface area contributed by atoms with Crippen molar-refractivity contribution in [3.05, 3.63) is 16.1 Å². The molecule has 1 fully saturated rings. The molecule has 0 aliphatic heterocycles. The van der Waals surface area contributed by atoms with Crippen LogP contribution in [0.3, 0.4) is 0 Å². The lowest BCUT2D eigenvalue weighted by atomic mass is 9.70. The second kappa shape index (κ2) is 6.57. The van der Waals surface area contributed by atoms with E-state index in [4.69, 9.17) is 4.98 Å². The highest BCUT2D eigenvalue weighted by molar-refractivity contribution is 7.11. The summed E-state index contributed by atoms with van der Waals surface area (Å²) in [5, 5.41) is 4.85. The van der Waals surface area contributed by atoms with Crippen LogP contribution in [0.25, 0.3) is 0 Å². The van der Waals surface area contributed by atoms with Gasteiger partial charge in [-0.2, -0.15) is 0 Å². The summed E-state index contributed by atoms with van der Waals surface area (Å²) < 4.78 is 0. The summed E-state index contributed by atoms with van der Waals surface area (Å²) in [5.74, 6) is 1.60.